The summed E-state index contributed by atoms with van der Waals surface area (Å²) in [5.41, 5.74) is 16.3. The minimum atomic E-state index is -1.61. The van der Waals surface area contributed by atoms with Crippen LogP contribution in [0, 0.1) is 5.92 Å². The van der Waals surface area contributed by atoms with Gasteiger partial charge in [-0.15, -0.1) is 0 Å². The van der Waals surface area contributed by atoms with Gasteiger partial charge in [0.05, 0.1) is 18.9 Å². The first-order valence-electron chi connectivity index (χ1n) is 10.9. The molecule has 0 fully saturated rings. The lowest BCUT2D eigenvalue weighted by atomic mass is 10.0. The topological polar surface area (TPSA) is 257 Å². The Kier molecular flexibility index (Phi) is 14.1. The number of rotatable bonds is 17. The highest BCUT2D eigenvalue weighted by Crippen LogP contribution is 2.07. The van der Waals surface area contributed by atoms with Crippen molar-refractivity contribution in [3.8, 4) is 0 Å². The van der Waals surface area contributed by atoms with E-state index in [1.54, 1.807) is 13.8 Å². The molecule has 14 heteroatoms. The minimum absolute atomic E-state index is 0.0814. The monoisotopic (exact) mass is 488 g/mol. The number of carboxylic acids is 2. The summed E-state index contributed by atoms with van der Waals surface area (Å²) in [5, 5.41) is 25.0. The van der Waals surface area contributed by atoms with Crippen LogP contribution < -0.4 is 33.2 Å². The average Bonchev–Trinajstić information content (AvgIpc) is 2.71. The first-order valence-corrected chi connectivity index (χ1v) is 10.9. The Hall–Kier alpha value is -3.26. The molecule has 34 heavy (non-hydrogen) atoms. The first-order chi connectivity index (χ1) is 15.8. The van der Waals surface area contributed by atoms with Crippen LogP contribution in [0.15, 0.2) is 0 Å². The SMILES string of the molecule is CC(C)CC(NC(=O)C(CC(N)=O)NC(=O)C(CC(=O)O)NC(=O)C(N)CCCCN)C(=O)O. The van der Waals surface area contributed by atoms with Gasteiger partial charge < -0.3 is 43.4 Å². The molecule has 0 aromatic heterocycles. The van der Waals surface area contributed by atoms with Crippen LogP contribution in [0.3, 0.4) is 0 Å². The summed E-state index contributed by atoms with van der Waals surface area (Å²) < 4.78 is 0. The average molecular weight is 489 g/mol. The predicted octanol–water partition coefficient (Wildman–Crippen LogP) is -2.62. The van der Waals surface area contributed by atoms with Gasteiger partial charge in [0.1, 0.15) is 18.1 Å². The fourth-order valence-corrected chi connectivity index (χ4v) is 2.95. The van der Waals surface area contributed by atoms with E-state index in [0.29, 0.717) is 19.4 Å². The highest BCUT2D eigenvalue weighted by atomic mass is 16.4. The van der Waals surface area contributed by atoms with E-state index in [-0.39, 0.29) is 18.8 Å². The number of carbonyl (C=O) groups excluding carboxylic acids is 4. The maximum atomic E-state index is 12.7. The Morgan fingerprint density at radius 1 is 0.794 bits per heavy atom. The van der Waals surface area contributed by atoms with Crippen molar-refractivity contribution in [2.45, 2.75) is 76.5 Å². The van der Waals surface area contributed by atoms with Crippen LogP contribution in [0.25, 0.3) is 0 Å². The molecule has 0 aliphatic carbocycles. The van der Waals surface area contributed by atoms with Crippen molar-refractivity contribution < 1.29 is 39.0 Å². The van der Waals surface area contributed by atoms with Gasteiger partial charge in [-0.05, 0) is 31.7 Å². The summed E-state index contributed by atoms with van der Waals surface area (Å²) in [6.45, 7) is 3.89. The van der Waals surface area contributed by atoms with Crippen molar-refractivity contribution in [1.29, 1.82) is 0 Å². The quantitative estimate of drug-likeness (QED) is 0.0988. The molecule has 0 rings (SSSR count). The second kappa shape index (κ2) is 15.6. The van der Waals surface area contributed by atoms with E-state index in [2.05, 4.69) is 16.0 Å². The third kappa shape index (κ3) is 12.7. The van der Waals surface area contributed by atoms with Crippen LogP contribution in [0.1, 0.15) is 52.4 Å². The van der Waals surface area contributed by atoms with Gasteiger partial charge in [-0.25, -0.2) is 4.79 Å². The van der Waals surface area contributed by atoms with Crippen LogP contribution >= 0.6 is 0 Å². The lowest BCUT2D eigenvalue weighted by Crippen LogP contribution is -2.58. The molecule has 0 saturated heterocycles. The Morgan fingerprint density at radius 2 is 1.29 bits per heavy atom. The Labute approximate surface area is 197 Å². The van der Waals surface area contributed by atoms with E-state index in [1.165, 1.54) is 0 Å². The Bertz CT molecular complexity index is 745. The van der Waals surface area contributed by atoms with Gasteiger partial charge in [0, 0.05) is 0 Å². The maximum absolute atomic E-state index is 12.7. The predicted molar refractivity (Wildman–Crippen MR) is 120 cm³/mol. The molecule has 0 aromatic carbocycles. The van der Waals surface area contributed by atoms with Crippen molar-refractivity contribution in [3.05, 3.63) is 0 Å². The van der Waals surface area contributed by atoms with Crippen LogP contribution in [-0.4, -0.2) is 76.5 Å². The molecule has 0 bridgehead atoms. The highest BCUT2D eigenvalue weighted by Gasteiger charge is 2.32. The fourth-order valence-electron chi connectivity index (χ4n) is 2.95. The smallest absolute Gasteiger partial charge is 0.326 e. The van der Waals surface area contributed by atoms with E-state index < -0.39 is 72.6 Å². The fraction of sp³-hybridized carbons (Fsp3) is 0.700. The summed E-state index contributed by atoms with van der Waals surface area (Å²) in [7, 11) is 0. The number of hydrogen-bond acceptors (Lipinski definition) is 8. The molecular formula is C20H36N6O8. The van der Waals surface area contributed by atoms with E-state index in [1.807, 2.05) is 0 Å². The lowest BCUT2D eigenvalue weighted by molar-refractivity contribution is -0.143. The first kappa shape index (κ1) is 30.7. The second-order valence-corrected chi connectivity index (χ2v) is 8.31. The molecule has 0 aromatic rings. The number of carbonyl (C=O) groups is 6. The van der Waals surface area contributed by atoms with Crippen molar-refractivity contribution in [2.75, 3.05) is 6.54 Å². The van der Waals surface area contributed by atoms with Gasteiger partial charge in [0.2, 0.25) is 23.6 Å². The third-order valence-corrected chi connectivity index (χ3v) is 4.68. The molecule has 0 aliphatic rings. The molecule has 0 aliphatic heterocycles. The summed E-state index contributed by atoms with van der Waals surface area (Å²) in [6.07, 6.45) is -0.0103. The van der Waals surface area contributed by atoms with Gasteiger partial charge in [-0.3, -0.25) is 24.0 Å². The largest absolute Gasteiger partial charge is 0.481 e. The molecule has 194 valence electrons. The normalized spacial score (nSPS) is 14.4. The molecule has 0 radical (unpaired) electrons. The molecular weight excluding hydrogens is 452 g/mol. The molecule has 0 heterocycles. The third-order valence-electron chi connectivity index (χ3n) is 4.68. The number of nitrogens with one attached hydrogen (secondary N) is 3. The van der Waals surface area contributed by atoms with Gasteiger partial charge in [-0.2, -0.15) is 0 Å². The van der Waals surface area contributed by atoms with Crippen molar-refractivity contribution in [2.24, 2.45) is 23.1 Å². The summed E-state index contributed by atoms with van der Waals surface area (Å²) in [5.74, 6) is -6.66. The standard InChI is InChI=1S/C20H36N6O8/c1-10(2)7-14(20(33)34)26-18(31)12(8-15(23)27)25-19(32)13(9-16(28)29)24-17(30)11(22)5-3-4-6-21/h10-14H,3-9,21-22H2,1-2H3,(H2,23,27)(H,24,30)(H,25,32)(H,26,31)(H,28,29)(H,33,34). The van der Waals surface area contributed by atoms with E-state index in [9.17, 15) is 33.9 Å². The lowest BCUT2D eigenvalue weighted by Gasteiger charge is -2.24. The summed E-state index contributed by atoms with van der Waals surface area (Å²) in [4.78, 5) is 71.6. The number of nitrogens with two attached hydrogens (primary N) is 3. The van der Waals surface area contributed by atoms with E-state index in [0.717, 1.165) is 0 Å². The van der Waals surface area contributed by atoms with Crippen LogP contribution in [0.4, 0.5) is 0 Å². The van der Waals surface area contributed by atoms with Gasteiger partial charge in [0.25, 0.3) is 0 Å². The Morgan fingerprint density at radius 3 is 1.74 bits per heavy atom. The number of carboxylic acid groups (broad SMARTS) is 2. The molecule has 0 saturated carbocycles. The molecule has 14 nitrogen and oxygen atoms in total. The zero-order valence-corrected chi connectivity index (χ0v) is 19.4. The number of aliphatic carboxylic acids is 2. The van der Waals surface area contributed by atoms with E-state index >= 15 is 0 Å². The maximum Gasteiger partial charge on any atom is 0.326 e. The number of primary amides is 1. The summed E-state index contributed by atoms with van der Waals surface area (Å²) >= 11 is 0. The van der Waals surface area contributed by atoms with Crippen LogP contribution in [0.5, 0.6) is 0 Å². The number of unbranched alkanes of at least 4 members (excludes halogenated alkanes) is 1. The van der Waals surface area contributed by atoms with Gasteiger partial charge in [0.15, 0.2) is 0 Å². The minimum Gasteiger partial charge on any atom is -0.481 e. The van der Waals surface area contributed by atoms with Crippen molar-refractivity contribution in [3.63, 3.8) is 0 Å². The van der Waals surface area contributed by atoms with Gasteiger partial charge in [-0.1, -0.05) is 20.3 Å². The molecule has 4 amide bonds. The zero-order chi connectivity index (χ0) is 26.4. The Balaban J connectivity index is 5.47. The van der Waals surface area contributed by atoms with Gasteiger partial charge >= 0.3 is 11.9 Å². The van der Waals surface area contributed by atoms with Crippen LogP contribution in [-0.2, 0) is 28.8 Å². The number of hydrogen-bond donors (Lipinski definition) is 8. The molecule has 0 spiro atoms. The molecule has 4 atom stereocenters. The molecule has 4 unspecified atom stereocenters. The second-order valence-electron chi connectivity index (χ2n) is 8.31. The van der Waals surface area contributed by atoms with Crippen LogP contribution in [0.2, 0.25) is 0 Å². The zero-order valence-electron chi connectivity index (χ0n) is 19.4. The molecule has 11 N–H and O–H groups in total. The van der Waals surface area contributed by atoms with Crippen molar-refractivity contribution in [1.82, 2.24) is 16.0 Å². The van der Waals surface area contributed by atoms with Crippen molar-refractivity contribution >= 4 is 35.6 Å². The number of amides is 4. The van der Waals surface area contributed by atoms with E-state index in [4.69, 9.17) is 22.3 Å². The highest BCUT2D eigenvalue weighted by molar-refractivity contribution is 5.97. The summed E-state index contributed by atoms with van der Waals surface area (Å²) in [6, 6.07) is -5.52.